The number of hydrogen-bond acceptors (Lipinski definition) is 2. The zero-order valence-corrected chi connectivity index (χ0v) is 11.6. The minimum absolute atomic E-state index is 0.284. The smallest absolute Gasteiger partial charge is 0.145 e. The van der Waals surface area contributed by atoms with Gasteiger partial charge in [0.05, 0.1) is 10.2 Å². The molecule has 0 saturated heterocycles. The van der Waals surface area contributed by atoms with Crippen LogP contribution in [-0.4, -0.2) is 0 Å². The van der Waals surface area contributed by atoms with Gasteiger partial charge in [0, 0.05) is 11.1 Å². The number of ether oxygens (including phenoxy) is 1. The fourth-order valence-corrected chi connectivity index (χ4v) is 2.03. The average molecular weight is 331 g/mol. The van der Waals surface area contributed by atoms with Crippen LogP contribution in [0.2, 0.25) is 5.02 Å². The molecule has 94 valence electrons. The summed E-state index contributed by atoms with van der Waals surface area (Å²) in [6.45, 7) is 0.284. The van der Waals surface area contributed by atoms with Crippen molar-refractivity contribution in [2.75, 3.05) is 5.73 Å². The van der Waals surface area contributed by atoms with E-state index in [2.05, 4.69) is 15.9 Å². The molecule has 0 aliphatic heterocycles. The molecule has 0 aliphatic rings. The maximum atomic E-state index is 13.3. The summed E-state index contributed by atoms with van der Waals surface area (Å²) < 4.78 is 19.1. The Morgan fingerprint density at radius 2 is 2.06 bits per heavy atom. The van der Waals surface area contributed by atoms with Crippen molar-refractivity contribution in [2.24, 2.45) is 0 Å². The second kappa shape index (κ2) is 5.59. The fourth-order valence-electron chi connectivity index (χ4n) is 1.46. The summed E-state index contributed by atoms with van der Waals surface area (Å²) in [5.74, 6) is -0.0963. The molecule has 0 atom stereocenters. The van der Waals surface area contributed by atoms with E-state index in [1.807, 2.05) is 12.1 Å². The van der Waals surface area contributed by atoms with Crippen molar-refractivity contribution in [2.45, 2.75) is 6.61 Å². The number of nitrogen functional groups attached to an aromatic ring is 1. The Hall–Kier alpha value is -1.26. The highest BCUT2D eigenvalue weighted by molar-refractivity contribution is 9.10. The molecule has 0 amide bonds. The van der Waals surface area contributed by atoms with Crippen molar-refractivity contribution < 1.29 is 9.13 Å². The Morgan fingerprint density at radius 3 is 2.78 bits per heavy atom. The molecule has 0 aromatic heterocycles. The average Bonchev–Trinajstić information content (AvgIpc) is 2.32. The molecule has 2 nitrogen and oxygen atoms in total. The summed E-state index contributed by atoms with van der Waals surface area (Å²) in [5, 5.41) is 0.631. The predicted octanol–water partition coefficient (Wildman–Crippen LogP) is 4.40. The van der Waals surface area contributed by atoms with Crippen LogP contribution in [0, 0.1) is 5.82 Å². The van der Waals surface area contributed by atoms with Crippen molar-refractivity contribution in [3.05, 3.63) is 57.3 Å². The predicted molar refractivity (Wildman–Crippen MR) is 74.3 cm³/mol. The van der Waals surface area contributed by atoms with Gasteiger partial charge in [-0.2, -0.15) is 0 Å². The second-order valence-corrected chi connectivity index (χ2v) is 5.01. The van der Waals surface area contributed by atoms with E-state index < -0.39 is 5.82 Å². The molecular formula is C13H10BrClFNO. The molecule has 5 heteroatoms. The van der Waals surface area contributed by atoms with Gasteiger partial charge in [-0.25, -0.2) is 4.39 Å². The Labute approximate surface area is 118 Å². The zero-order valence-electron chi connectivity index (χ0n) is 9.29. The van der Waals surface area contributed by atoms with E-state index in [0.717, 1.165) is 5.56 Å². The van der Waals surface area contributed by atoms with Gasteiger partial charge in [-0.3, -0.25) is 0 Å². The van der Waals surface area contributed by atoms with Crippen molar-refractivity contribution >= 4 is 33.2 Å². The highest BCUT2D eigenvalue weighted by Crippen LogP contribution is 2.29. The molecule has 0 saturated carbocycles. The molecule has 0 aliphatic carbocycles. The van der Waals surface area contributed by atoms with Gasteiger partial charge in [-0.15, -0.1) is 0 Å². The van der Waals surface area contributed by atoms with Crippen molar-refractivity contribution in [3.63, 3.8) is 0 Å². The number of nitrogens with two attached hydrogens (primary N) is 1. The Kier molecular flexibility index (Phi) is 4.09. The lowest BCUT2D eigenvalue weighted by molar-refractivity contribution is 0.306. The first-order valence-electron chi connectivity index (χ1n) is 5.18. The van der Waals surface area contributed by atoms with E-state index >= 15 is 0 Å². The third kappa shape index (κ3) is 3.15. The van der Waals surface area contributed by atoms with Gasteiger partial charge < -0.3 is 10.5 Å². The van der Waals surface area contributed by atoms with Crippen LogP contribution in [0.15, 0.2) is 40.9 Å². The molecule has 2 aromatic carbocycles. The summed E-state index contributed by atoms with van der Waals surface area (Å²) in [4.78, 5) is 0. The molecule has 0 heterocycles. The summed E-state index contributed by atoms with van der Waals surface area (Å²) in [7, 11) is 0. The maximum Gasteiger partial charge on any atom is 0.145 e. The molecule has 0 fully saturated rings. The van der Waals surface area contributed by atoms with Crippen LogP contribution < -0.4 is 10.5 Å². The van der Waals surface area contributed by atoms with Crippen LogP contribution >= 0.6 is 27.5 Å². The molecule has 0 spiro atoms. The van der Waals surface area contributed by atoms with Crippen LogP contribution in [0.3, 0.4) is 0 Å². The lowest BCUT2D eigenvalue weighted by Crippen LogP contribution is -1.99. The van der Waals surface area contributed by atoms with Gasteiger partial charge in [0.1, 0.15) is 18.2 Å². The van der Waals surface area contributed by atoms with Crippen molar-refractivity contribution in [1.82, 2.24) is 0 Å². The van der Waals surface area contributed by atoms with Crippen LogP contribution in [0.4, 0.5) is 10.1 Å². The molecule has 0 bridgehead atoms. The van der Waals surface area contributed by atoms with E-state index in [1.165, 1.54) is 12.1 Å². The number of benzene rings is 2. The Balaban J connectivity index is 2.13. The molecule has 2 rings (SSSR count). The molecule has 2 aromatic rings. The minimum Gasteiger partial charge on any atom is -0.487 e. The number of hydrogen-bond donors (Lipinski definition) is 1. The second-order valence-electron chi connectivity index (χ2n) is 3.72. The SMILES string of the molecule is Nc1cc(Br)c(F)cc1OCc1cccc(Cl)c1. The van der Waals surface area contributed by atoms with E-state index in [4.69, 9.17) is 22.1 Å². The normalized spacial score (nSPS) is 10.4. The third-order valence-electron chi connectivity index (χ3n) is 2.34. The van der Waals surface area contributed by atoms with E-state index in [1.54, 1.807) is 12.1 Å². The minimum atomic E-state index is -0.412. The summed E-state index contributed by atoms with van der Waals surface area (Å²) in [6, 6.07) is 9.99. The van der Waals surface area contributed by atoms with E-state index in [9.17, 15) is 4.39 Å². The van der Waals surface area contributed by atoms with Crippen molar-refractivity contribution in [3.8, 4) is 5.75 Å². The van der Waals surface area contributed by atoms with Crippen LogP contribution in [-0.2, 0) is 6.61 Å². The molecule has 0 radical (unpaired) electrons. The van der Waals surface area contributed by atoms with Crippen molar-refractivity contribution in [1.29, 1.82) is 0 Å². The lowest BCUT2D eigenvalue weighted by atomic mass is 10.2. The van der Waals surface area contributed by atoms with Gasteiger partial charge >= 0.3 is 0 Å². The van der Waals surface area contributed by atoms with E-state index in [-0.39, 0.29) is 6.61 Å². The molecular weight excluding hydrogens is 321 g/mol. The monoisotopic (exact) mass is 329 g/mol. The first-order valence-corrected chi connectivity index (χ1v) is 6.35. The maximum absolute atomic E-state index is 13.3. The van der Waals surface area contributed by atoms with Gasteiger partial charge in [0.25, 0.3) is 0 Å². The van der Waals surface area contributed by atoms with Gasteiger partial charge in [-0.05, 0) is 39.7 Å². The van der Waals surface area contributed by atoms with Gasteiger partial charge in [0.15, 0.2) is 0 Å². The molecule has 0 unspecified atom stereocenters. The van der Waals surface area contributed by atoms with Crippen LogP contribution in [0.1, 0.15) is 5.56 Å². The van der Waals surface area contributed by atoms with E-state index in [0.29, 0.717) is 20.9 Å². The van der Waals surface area contributed by atoms with Crippen LogP contribution in [0.25, 0.3) is 0 Å². The lowest BCUT2D eigenvalue weighted by Gasteiger charge is -2.10. The topological polar surface area (TPSA) is 35.2 Å². The third-order valence-corrected chi connectivity index (χ3v) is 3.18. The number of anilines is 1. The quantitative estimate of drug-likeness (QED) is 0.846. The summed E-state index contributed by atoms with van der Waals surface area (Å²) in [6.07, 6.45) is 0. The first-order chi connectivity index (χ1) is 8.56. The summed E-state index contributed by atoms with van der Waals surface area (Å²) in [5.41, 5.74) is 7.01. The Morgan fingerprint density at radius 1 is 1.28 bits per heavy atom. The summed E-state index contributed by atoms with van der Waals surface area (Å²) >= 11 is 8.92. The molecule has 18 heavy (non-hydrogen) atoms. The van der Waals surface area contributed by atoms with Gasteiger partial charge in [-0.1, -0.05) is 23.7 Å². The highest BCUT2D eigenvalue weighted by Gasteiger charge is 2.07. The first kappa shape index (κ1) is 13.2. The fraction of sp³-hybridized carbons (Fsp3) is 0.0769. The standard InChI is InChI=1S/C13H10BrClFNO/c14-10-5-12(17)13(6-11(10)16)18-7-8-2-1-3-9(15)4-8/h1-6H,7,17H2. The molecule has 2 N–H and O–H groups in total. The number of rotatable bonds is 3. The number of halogens is 3. The highest BCUT2D eigenvalue weighted by atomic mass is 79.9. The van der Waals surface area contributed by atoms with Crippen LogP contribution in [0.5, 0.6) is 5.75 Å². The van der Waals surface area contributed by atoms with Gasteiger partial charge in [0.2, 0.25) is 0 Å². The zero-order chi connectivity index (χ0) is 13.1. The Bertz CT molecular complexity index is 577. The largest absolute Gasteiger partial charge is 0.487 e.